The van der Waals surface area contributed by atoms with Crippen LogP contribution in [0.4, 0.5) is 0 Å². The predicted octanol–water partition coefficient (Wildman–Crippen LogP) is 2.67. The maximum atomic E-state index is 8.35. The molecule has 0 amide bonds. The average molecular weight is 255 g/mol. The van der Waals surface area contributed by atoms with E-state index in [1.807, 2.05) is 0 Å². The summed E-state index contributed by atoms with van der Waals surface area (Å²) in [4.78, 5) is 0. The summed E-state index contributed by atoms with van der Waals surface area (Å²) < 4.78 is 16.5. The van der Waals surface area contributed by atoms with E-state index in [1.165, 1.54) is 6.42 Å². The molecule has 0 aromatic rings. The van der Waals surface area contributed by atoms with E-state index in [0.29, 0.717) is 12.5 Å². The van der Waals surface area contributed by atoms with Gasteiger partial charge in [-0.1, -0.05) is 0 Å². The molecule has 0 bridgehead atoms. The predicted molar refractivity (Wildman–Crippen MR) is 69.3 cm³/mol. The highest BCUT2D eigenvalue weighted by atomic mass is 16.5. The molecule has 0 aliphatic carbocycles. The summed E-state index contributed by atoms with van der Waals surface area (Å²) in [7, 11) is 0. The summed E-state index contributed by atoms with van der Waals surface area (Å²) in [5.74, 6) is 0. The minimum Gasteiger partial charge on any atom is -0.381 e. The summed E-state index contributed by atoms with van der Waals surface area (Å²) in [6.45, 7) is 4.02. The second-order valence-electron chi connectivity index (χ2n) is 4.64. The van der Waals surface area contributed by atoms with E-state index in [4.69, 9.17) is 19.5 Å². The maximum absolute atomic E-state index is 8.35. The van der Waals surface area contributed by atoms with E-state index < -0.39 is 0 Å². The van der Waals surface area contributed by atoms with Gasteiger partial charge in [0, 0.05) is 32.8 Å². The molecule has 0 aromatic carbocycles. The van der Waals surface area contributed by atoms with Gasteiger partial charge in [0.05, 0.1) is 18.8 Å². The maximum Gasteiger partial charge on any atom is 0.0809 e. The van der Waals surface area contributed by atoms with Crippen molar-refractivity contribution >= 4 is 0 Å². The van der Waals surface area contributed by atoms with Crippen molar-refractivity contribution in [3.05, 3.63) is 0 Å². The third-order valence-corrected chi connectivity index (χ3v) is 2.98. The molecule has 0 radical (unpaired) electrons. The zero-order chi connectivity index (χ0) is 12.9. The summed E-state index contributed by atoms with van der Waals surface area (Å²) in [5.41, 5.74) is 0. The Labute approximate surface area is 110 Å². The number of ether oxygens (including phenoxy) is 3. The molecule has 1 atom stereocenters. The molecule has 1 aliphatic rings. The Hall–Kier alpha value is -0.630. The van der Waals surface area contributed by atoms with E-state index in [9.17, 15) is 0 Å². The van der Waals surface area contributed by atoms with Crippen LogP contribution in [0.2, 0.25) is 0 Å². The fourth-order valence-corrected chi connectivity index (χ4v) is 1.91. The van der Waals surface area contributed by atoms with Gasteiger partial charge >= 0.3 is 0 Å². The third-order valence-electron chi connectivity index (χ3n) is 2.98. The molecule has 0 N–H and O–H groups in total. The first-order chi connectivity index (χ1) is 8.93. The van der Waals surface area contributed by atoms with Crippen molar-refractivity contribution in [2.75, 3.05) is 33.0 Å². The molecule has 1 saturated heterocycles. The molecule has 1 unspecified atom stereocenters. The van der Waals surface area contributed by atoms with Crippen LogP contribution in [0.3, 0.4) is 0 Å². The molecule has 1 heterocycles. The highest BCUT2D eigenvalue weighted by molar-refractivity contribution is 4.67. The summed E-state index contributed by atoms with van der Waals surface area (Å²) in [6.07, 6.45) is 7.32. The topological polar surface area (TPSA) is 51.5 Å². The Bertz CT molecular complexity index is 222. The van der Waals surface area contributed by atoms with Gasteiger partial charge in [0.15, 0.2) is 0 Å². The lowest BCUT2D eigenvalue weighted by molar-refractivity contribution is 0.0142. The van der Waals surface area contributed by atoms with Crippen LogP contribution >= 0.6 is 0 Å². The van der Waals surface area contributed by atoms with Crippen molar-refractivity contribution in [1.82, 2.24) is 0 Å². The van der Waals surface area contributed by atoms with Gasteiger partial charge < -0.3 is 14.2 Å². The van der Waals surface area contributed by atoms with Gasteiger partial charge in [0.25, 0.3) is 0 Å². The van der Waals surface area contributed by atoms with E-state index >= 15 is 0 Å². The SMILES string of the molecule is N#CCCCCOCCCCOCC1CCCO1. The van der Waals surface area contributed by atoms with E-state index in [-0.39, 0.29) is 0 Å². The van der Waals surface area contributed by atoms with Crippen molar-refractivity contribution in [1.29, 1.82) is 5.26 Å². The van der Waals surface area contributed by atoms with Crippen molar-refractivity contribution in [2.45, 2.75) is 51.0 Å². The zero-order valence-electron chi connectivity index (χ0n) is 11.2. The van der Waals surface area contributed by atoms with Crippen LogP contribution in [0, 0.1) is 11.3 Å². The van der Waals surface area contributed by atoms with Crippen molar-refractivity contribution in [3.8, 4) is 6.07 Å². The highest BCUT2D eigenvalue weighted by Crippen LogP contribution is 2.11. The van der Waals surface area contributed by atoms with Crippen LogP contribution in [0.15, 0.2) is 0 Å². The molecule has 0 saturated carbocycles. The van der Waals surface area contributed by atoms with E-state index in [2.05, 4.69) is 6.07 Å². The monoisotopic (exact) mass is 255 g/mol. The van der Waals surface area contributed by atoms with Crippen LogP contribution in [0.1, 0.15) is 44.9 Å². The number of nitrogens with zero attached hydrogens (tertiary/aromatic N) is 1. The molecule has 18 heavy (non-hydrogen) atoms. The molecule has 104 valence electrons. The summed E-state index contributed by atoms with van der Waals surface area (Å²) >= 11 is 0. The second kappa shape index (κ2) is 11.5. The minimum atomic E-state index is 0.335. The number of unbranched alkanes of at least 4 members (excludes halogenated alkanes) is 3. The zero-order valence-corrected chi connectivity index (χ0v) is 11.2. The fraction of sp³-hybridized carbons (Fsp3) is 0.929. The normalized spacial score (nSPS) is 18.9. The van der Waals surface area contributed by atoms with Gasteiger partial charge in [-0.15, -0.1) is 0 Å². The van der Waals surface area contributed by atoms with Crippen LogP contribution in [-0.2, 0) is 14.2 Å². The number of hydrogen-bond donors (Lipinski definition) is 0. The quantitative estimate of drug-likeness (QED) is 0.533. The lowest BCUT2D eigenvalue weighted by Gasteiger charge is -2.09. The Balaban J connectivity index is 1.69. The first-order valence-corrected chi connectivity index (χ1v) is 7.07. The summed E-state index contributed by atoms with van der Waals surface area (Å²) in [6, 6.07) is 2.13. The largest absolute Gasteiger partial charge is 0.381 e. The second-order valence-corrected chi connectivity index (χ2v) is 4.64. The average Bonchev–Trinajstić information content (AvgIpc) is 2.89. The third kappa shape index (κ3) is 8.46. The Morgan fingerprint density at radius 3 is 2.44 bits per heavy atom. The molecule has 0 spiro atoms. The van der Waals surface area contributed by atoms with Gasteiger partial charge in [0.2, 0.25) is 0 Å². The Kier molecular flexibility index (Phi) is 9.82. The molecular formula is C14H25NO3. The smallest absolute Gasteiger partial charge is 0.0809 e. The molecule has 1 fully saturated rings. The molecule has 4 nitrogen and oxygen atoms in total. The Morgan fingerprint density at radius 2 is 1.78 bits per heavy atom. The lowest BCUT2D eigenvalue weighted by Crippen LogP contribution is -2.14. The van der Waals surface area contributed by atoms with Crippen molar-refractivity contribution in [3.63, 3.8) is 0 Å². The molecular weight excluding hydrogens is 230 g/mol. The highest BCUT2D eigenvalue weighted by Gasteiger charge is 2.14. The molecule has 1 rings (SSSR count). The molecule has 4 heteroatoms. The number of nitriles is 1. The summed E-state index contributed by atoms with van der Waals surface area (Å²) in [5, 5.41) is 8.35. The van der Waals surface area contributed by atoms with Gasteiger partial charge in [-0.2, -0.15) is 5.26 Å². The van der Waals surface area contributed by atoms with Crippen LogP contribution < -0.4 is 0 Å². The van der Waals surface area contributed by atoms with Gasteiger partial charge in [-0.25, -0.2) is 0 Å². The van der Waals surface area contributed by atoms with E-state index in [0.717, 1.165) is 65.1 Å². The molecule has 1 aliphatic heterocycles. The van der Waals surface area contributed by atoms with Gasteiger partial charge in [-0.05, 0) is 38.5 Å². The molecule has 0 aromatic heterocycles. The van der Waals surface area contributed by atoms with E-state index in [1.54, 1.807) is 0 Å². The standard InChI is InChI=1S/C14H25NO3/c15-8-2-1-3-9-16-10-4-5-11-17-13-14-7-6-12-18-14/h14H,1-7,9-13H2. The van der Waals surface area contributed by atoms with Crippen LogP contribution in [0.25, 0.3) is 0 Å². The first kappa shape index (κ1) is 15.4. The van der Waals surface area contributed by atoms with Crippen molar-refractivity contribution < 1.29 is 14.2 Å². The van der Waals surface area contributed by atoms with Gasteiger partial charge in [-0.3, -0.25) is 0 Å². The fourth-order valence-electron chi connectivity index (χ4n) is 1.91. The lowest BCUT2D eigenvalue weighted by atomic mass is 10.2. The van der Waals surface area contributed by atoms with Crippen molar-refractivity contribution in [2.24, 2.45) is 0 Å². The van der Waals surface area contributed by atoms with Crippen LogP contribution in [0.5, 0.6) is 0 Å². The Morgan fingerprint density at radius 1 is 1.06 bits per heavy atom. The van der Waals surface area contributed by atoms with Crippen LogP contribution in [-0.4, -0.2) is 39.1 Å². The minimum absolute atomic E-state index is 0.335. The first-order valence-electron chi connectivity index (χ1n) is 7.07. The number of rotatable bonds is 11. The number of hydrogen-bond acceptors (Lipinski definition) is 4. The van der Waals surface area contributed by atoms with Gasteiger partial charge in [0.1, 0.15) is 0 Å².